The summed E-state index contributed by atoms with van der Waals surface area (Å²) in [6, 6.07) is 3.69. The first-order valence-corrected chi connectivity index (χ1v) is 8.81. The Bertz CT molecular complexity index is 621. The Morgan fingerprint density at radius 3 is 2.24 bits per heavy atom. The number of rotatable bonds is 2. The van der Waals surface area contributed by atoms with Gasteiger partial charge in [-0.05, 0) is 38.5 Å². The van der Waals surface area contributed by atoms with Gasteiger partial charge in [0.15, 0.2) is 0 Å². The first-order valence-electron chi connectivity index (χ1n) is 8.01. The number of amides is 1. The van der Waals surface area contributed by atoms with Gasteiger partial charge >= 0.3 is 12.3 Å². The van der Waals surface area contributed by atoms with Crippen LogP contribution in [0.4, 0.5) is 18.0 Å². The van der Waals surface area contributed by atoms with Gasteiger partial charge in [0, 0.05) is 37.2 Å². The molecule has 1 aliphatic heterocycles. The van der Waals surface area contributed by atoms with Gasteiger partial charge in [-0.3, -0.25) is 4.90 Å². The normalized spacial score (nSPS) is 16.8. The molecule has 1 aliphatic rings. The van der Waals surface area contributed by atoms with Crippen molar-refractivity contribution in [1.29, 1.82) is 0 Å². The second-order valence-corrected chi connectivity index (χ2v) is 7.90. The number of hydrogen-bond acceptors (Lipinski definition) is 3. The highest BCUT2D eigenvalue weighted by Crippen LogP contribution is 2.32. The second-order valence-electron chi connectivity index (χ2n) is 7.05. The summed E-state index contributed by atoms with van der Waals surface area (Å²) >= 11 is 3.22. The van der Waals surface area contributed by atoms with Gasteiger partial charge in [0.25, 0.3) is 0 Å². The Morgan fingerprint density at radius 2 is 1.76 bits per heavy atom. The summed E-state index contributed by atoms with van der Waals surface area (Å²) in [5.74, 6) is 0. The van der Waals surface area contributed by atoms with E-state index in [4.69, 9.17) is 4.74 Å². The van der Waals surface area contributed by atoms with Crippen molar-refractivity contribution in [2.75, 3.05) is 26.2 Å². The van der Waals surface area contributed by atoms with Gasteiger partial charge in [0.1, 0.15) is 5.60 Å². The summed E-state index contributed by atoms with van der Waals surface area (Å²) in [6.45, 7) is 8.36. The number of piperazine rings is 1. The molecule has 1 aromatic rings. The number of alkyl halides is 3. The fraction of sp³-hybridized carbons (Fsp3) is 0.588. The lowest BCUT2D eigenvalue weighted by Crippen LogP contribution is -2.49. The largest absolute Gasteiger partial charge is 0.444 e. The van der Waals surface area contributed by atoms with Crippen molar-refractivity contribution in [2.45, 2.75) is 39.1 Å². The molecule has 8 heteroatoms. The standard InChI is InChI=1S/C17H22BrF3N2O2/c1-16(2,3)25-15(24)23-8-6-22(7-9-23)11-12-4-5-13(10-14(12)18)17(19,20)21/h4-5,10H,6-9,11H2,1-3H3. The van der Waals surface area contributed by atoms with Gasteiger partial charge in [0.05, 0.1) is 5.56 Å². The van der Waals surface area contributed by atoms with Gasteiger partial charge in [-0.2, -0.15) is 13.2 Å². The van der Waals surface area contributed by atoms with Crippen LogP contribution in [0.15, 0.2) is 22.7 Å². The minimum absolute atomic E-state index is 0.331. The molecule has 0 N–H and O–H groups in total. The summed E-state index contributed by atoms with van der Waals surface area (Å²) < 4.78 is 43.9. The van der Waals surface area contributed by atoms with E-state index in [2.05, 4.69) is 20.8 Å². The summed E-state index contributed by atoms with van der Waals surface area (Å²) in [7, 11) is 0. The predicted molar refractivity (Wildman–Crippen MR) is 92.2 cm³/mol. The van der Waals surface area contributed by atoms with Crippen molar-refractivity contribution in [1.82, 2.24) is 9.80 Å². The molecule has 140 valence electrons. The van der Waals surface area contributed by atoms with Gasteiger partial charge in [0.2, 0.25) is 0 Å². The highest BCUT2D eigenvalue weighted by Gasteiger charge is 2.31. The zero-order chi connectivity index (χ0) is 18.8. The molecule has 0 aromatic heterocycles. The van der Waals surface area contributed by atoms with Crippen molar-refractivity contribution >= 4 is 22.0 Å². The highest BCUT2D eigenvalue weighted by atomic mass is 79.9. The van der Waals surface area contributed by atoms with Gasteiger partial charge < -0.3 is 9.64 Å². The molecule has 4 nitrogen and oxygen atoms in total. The fourth-order valence-electron chi connectivity index (χ4n) is 2.51. The van der Waals surface area contributed by atoms with Crippen LogP contribution in [0, 0.1) is 0 Å². The average Bonchev–Trinajstić information content (AvgIpc) is 2.47. The van der Waals surface area contributed by atoms with E-state index in [1.165, 1.54) is 6.07 Å². The van der Waals surface area contributed by atoms with E-state index in [0.717, 1.165) is 17.7 Å². The van der Waals surface area contributed by atoms with Crippen molar-refractivity contribution in [3.63, 3.8) is 0 Å². The minimum atomic E-state index is -4.35. The van der Waals surface area contributed by atoms with Crippen molar-refractivity contribution < 1.29 is 22.7 Å². The maximum Gasteiger partial charge on any atom is 0.416 e. The van der Waals surface area contributed by atoms with Crippen LogP contribution in [0.2, 0.25) is 0 Å². The molecular weight excluding hydrogens is 401 g/mol. The molecule has 0 aliphatic carbocycles. The van der Waals surface area contributed by atoms with Crippen LogP contribution in [0.1, 0.15) is 31.9 Å². The summed E-state index contributed by atoms with van der Waals surface area (Å²) in [5, 5.41) is 0. The lowest BCUT2D eigenvalue weighted by atomic mass is 10.1. The molecule has 1 fully saturated rings. The van der Waals surface area contributed by atoms with E-state index in [-0.39, 0.29) is 6.09 Å². The van der Waals surface area contributed by atoms with Crippen molar-refractivity contribution in [2.24, 2.45) is 0 Å². The number of nitrogens with zero attached hydrogens (tertiary/aromatic N) is 2. The topological polar surface area (TPSA) is 32.8 Å². The van der Waals surface area contributed by atoms with Crippen LogP contribution < -0.4 is 0 Å². The average molecular weight is 423 g/mol. The van der Waals surface area contributed by atoms with Gasteiger partial charge in [-0.15, -0.1) is 0 Å². The van der Waals surface area contributed by atoms with Crippen LogP contribution in [-0.2, 0) is 17.5 Å². The Labute approximate surface area is 154 Å². The molecule has 1 aromatic carbocycles. The monoisotopic (exact) mass is 422 g/mol. The van der Waals surface area contributed by atoms with E-state index in [1.54, 1.807) is 4.90 Å². The van der Waals surface area contributed by atoms with E-state index in [9.17, 15) is 18.0 Å². The van der Waals surface area contributed by atoms with Gasteiger partial charge in [-0.25, -0.2) is 4.79 Å². The minimum Gasteiger partial charge on any atom is -0.444 e. The Morgan fingerprint density at radius 1 is 1.16 bits per heavy atom. The molecule has 1 saturated heterocycles. The summed E-state index contributed by atoms with van der Waals surface area (Å²) in [5.41, 5.74) is -0.407. The molecule has 25 heavy (non-hydrogen) atoms. The van der Waals surface area contributed by atoms with E-state index in [1.807, 2.05) is 20.8 Å². The van der Waals surface area contributed by atoms with Crippen LogP contribution in [0.3, 0.4) is 0 Å². The van der Waals surface area contributed by atoms with E-state index >= 15 is 0 Å². The van der Waals surface area contributed by atoms with E-state index in [0.29, 0.717) is 37.2 Å². The maximum atomic E-state index is 12.7. The number of ether oxygens (including phenoxy) is 1. The molecule has 0 saturated carbocycles. The summed E-state index contributed by atoms with van der Waals surface area (Å²) in [4.78, 5) is 15.8. The Kier molecular flexibility index (Phi) is 6.04. The van der Waals surface area contributed by atoms with Crippen LogP contribution >= 0.6 is 15.9 Å². The first kappa shape index (κ1) is 20.0. The number of benzene rings is 1. The van der Waals surface area contributed by atoms with Crippen LogP contribution in [0.25, 0.3) is 0 Å². The smallest absolute Gasteiger partial charge is 0.416 e. The molecule has 1 amide bonds. The third-order valence-electron chi connectivity index (χ3n) is 3.80. The Balaban J connectivity index is 1.91. The fourth-order valence-corrected chi connectivity index (χ4v) is 3.01. The summed E-state index contributed by atoms with van der Waals surface area (Å²) in [6.07, 6.45) is -4.68. The molecule has 0 atom stereocenters. The van der Waals surface area contributed by atoms with Gasteiger partial charge in [-0.1, -0.05) is 22.0 Å². The number of hydrogen-bond donors (Lipinski definition) is 0. The third kappa shape index (κ3) is 5.88. The predicted octanol–water partition coefficient (Wildman–Crippen LogP) is 4.52. The second kappa shape index (κ2) is 7.53. The molecule has 0 spiro atoms. The highest BCUT2D eigenvalue weighted by molar-refractivity contribution is 9.10. The maximum absolute atomic E-state index is 12.7. The molecule has 0 bridgehead atoms. The molecule has 0 radical (unpaired) electrons. The van der Waals surface area contributed by atoms with E-state index < -0.39 is 17.3 Å². The first-order chi connectivity index (χ1) is 11.5. The van der Waals surface area contributed by atoms with Crippen LogP contribution in [-0.4, -0.2) is 47.7 Å². The molecular formula is C17H22BrF3N2O2. The molecule has 2 rings (SSSR count). The van der Waals surface area contributed by atoms with Crippen molar-refractivity contribution in [3.05, 3.63) is 33.8 Å². The van der Waals surface area contributed by atoms with Crippen molar-refractivity contribution in [3.8, 4) is 0 Å². The zero-order valence-corrected chi connectivity index (χ0v) is 16.1. The SMILES string of the molecule is CC(C)(C)OC(=O)N1CCN(Cc2ccc(C(F)(F)F)cc2Br)CC1. The molecule has 0 unspecified atom stereocenters. The lowest BCUT2D eigenvalue weighted by molar-refractivity contribution is -0.137. The quantitative estimate of drug-likeness (QED) is 0.702. The number of halogens is 4. The third-order valence-corrected chi connectivity index (χ3v) is 4.54. The molecule has 1 heterocycles. The lowest BCUT2D eigenvalue weighted by Gasteiger charge is -2.35. The Hall–Kier alpha value is -1.28. The zero-order valence-electron chi connectivity index (χ0n) is 14.5. The number of carbonyl (C=O) groups excluding carboxylic acids is 1. The number of carbonyl (C=O) groups is 1. The van der Waals surface area contributed by atoms with Crippen LogP contribution in [0.5, 0.6) is 0 Å².